The molecule has 8 nitrogen and oxygen atoms in total. The maximum atomic E-state index is 12.5. The predicted octanol–water partition coefficient (Wildman–Crippen LogP) is 1.45. The fourth-order valence-corrected chi connectivity index (χ4v) is 2.57. The lowest BCUT2D eigenvalue weighted by atomic mass is 10.2. The molecule has 8 heteroatoms. The van der Waals surface area contributed by atoms with Crippen molar-refractivity contribution in [2.24, 2.45) is 0 Å². The van der Waals surface area contributed by atoms with E-state index in [2.05, 4.69) is 10.6 Å². The lowest BCUT2D eigenvalue weighted by Crippen LogP contribution is -2.34. The van der Waals surface area contributed by atoms with Crippen molar-refractivity contribution in [1.82, 2.24) is 9.88 Å². The van der Waals surface area contributed by atoms with Crippen LogP contribution in [0.15, 0.2) is 35.1 Å². The van der Waals surface area contributed by atoms with Crippen molar-refractivity contribution in [1.29, 1.82) is 0 Å². The molecule has 0 unspecified atom stereocenters. The zero-order valence-electron chi connectivity index (χ0n) is 15.8. The predicted molar refractivity (Wildman–Crippen MR) is 101 cm³/mol. The number of ether oxygens (including phenoxy) is 2. The summed E-state index contributed by atoms with van der Waals surface area (Å²) in [6, 6.07) is 8.49. The summed E-state index contributed by atoms with van der Waals surface area (Å²) in [5, 5.41) is 5.23. The Morgan fingerprint density at radius 2 is 1.85 bits per heavy atom. The summed E-state index contributed by atoms with van der Waals surface area (Å²) in [7, 11) is 3.10. The smallest absolute Gasteiger partial charge is 0.274 e. The van der Waals surface area contributed by atoms with Crippen molar-refractivity contribution in [2.75, 3.05) is 19.5 Å². The highest BCUT2D eigenvalue weighted by molar-refractivity contribution is 5.88. The summed E-state index contributed by atoms with van der Waals surface area (Å²) >= 11 is 0. The van der Waals surface area contributed by atoms with Gasteiger partial charge in [-0.2, -0.15) is 0 Å². The Bertz CT molecular complexity index is 905. The molecule has 0 atom stereocenters. The number of anilines is 1. The first-order chi connectivity index (χ1) is 12.8. The van der Waals surface area contributed by atoms with Crippen LogP contribution >= 0.6 is 0 Å². The molecule has 2 aromatic rings. The standard InChI is InChI=1S/C19H23N3O5/c1-12-5-7-16(21-13(2)23)19(25)22(12)11-18(24)20-10-14-9-15(26-3)6-8-17(14)27-4/h5-9H,10-11H2,1-4H3,(H,20,24)(H,21,23). The van der Waals surface area contributed by atoms with Crippen LogP contribution < -0.4 is 25.7 Å². The lowest BCUT2D eigenvalue weighted by molar-refractivity contribution is -0.122. The number of carbonyl (C=O) groups excluding carboxylic acids is 2. The minimum absolute atomic E-state index is 0.135. The Labute approximate surface area is 157 Å². The van der Waals surface area contributed by atoms with E-state index in [0.29, 0.717) is 17.2 Å². The first kappa shape index (κ1) is 20.0. The number of hydrogen-bond acceptors (Lipinski definition) is 5. The van der Waals surface area contributed by atoms with E-state index in [9.17, 15) is 14.4 Å². The number of benzene rings is 1. The fraction of sp³-hybridized carbons (Fsp3) is 0.316. The summed E-state index contributed by atoms with van der Waals surface area (Å²) in [6.07, 6.45) is 0. The maximum Gasteiger partial charge on any atom is 0.274 e. The summed E-state index contributed by atoms with van der Waals surface area (Å²) < 4.78 is 11.8. The molecule has 0 bridgehead atoms. The van der Waals surface area contributed by atoms with Crippen molar-refractivity contribution >= 4 is 17.5 Å². The van der Waals surface area contributed by atoms with Gasteiger partial charge in [0.2, 0.25) is 11.8 Å². The van der Waals surface area contributed by atoms with E-state index >= 15 is 0 Å². The van der Waals surface area contributed by atoms with Gasteiger partial charge in [-0.15, -0.1) is 0 Å². The number of amides is 2. The van der Waals surface area contributed by atoms with Gasteiger partial charge in [-0.1, -0.05) is 0 Å². The molecule has 2 rings (SSSR count). The SMILES string of the molecule is COc1ccc(OC)c(CNC(=O)Cn2c(C)ccc(NC(C)=O)c2=O)c1. The van der Waals surface area contributed by atoms with Crippen molar-refractivity contribution < 1.29 is 19.1 Å². The highest BCUT2D eigenvalue weighted by atomic mass is 16.5. The number of nitrogens with one attached hydrogen (secondary N) is 2. The number of carbonyl (C=O) groups is 2. The number of pyridine rings is 1. The van der Waals surface area contributed by atoms with Gasteiger partial charge in [-0.3, -0.25) is 14.4 Å². The van der Waals surface area contributed by atoms with Gasteiger partial charge in [0, 0.05) is 24.7 Å². The minimum Gasteiger partial charge on any atom is -0.497 e. The van der Waals surface area contributed by atoms with E-state index in [1.54, 1.807) is 45.4 Å². The van der Waals surface area contributed by atoms with Gasteiger partial charge < -0.3 is 24.7 Å². The summed E-state index contributed by atoms with van der Waals surface area (Å²) in [5.41, 5.74) is 1.07. The molecule has 144 valence electrons. The van der Waals surface area contributed by atoms with Crippen LogP contribution in [0.1, 0.15) is 18.2 Å². The number of aryl methyl sites for hydroxylation is 1. The average Bonchev–Trinajstić information content (AvgIpc) is 2.65. The molecule has 0 saturated heterocycles. The van der Waals surface area contributed by atoms with E-state index < -0.39 is 5.56 Å². The van der Waals surface area contributed by atoms with Crippen LogP contribution in [0.5, 0.6) is 11.5 Å². The third-order valence-corrected chi connectivity index (χ3v) is 3.97. The molecule has 0 aliphatic carbocycles. The van der Waals surface area contributed by atoms with Crippen molar-refractivity contribution in [3.8, 4) is 11.5 Å². The summed E-state index contributed by atoms with van der Waals surface area (Å²) in [5.74, 6) is 0.578. The topological polar surface area (TPSA) is 98.7 Å². The maximum absolute atomic E-state index is 12.5. The number of rotatable bonds is 7. The van der Waals surface area contributed by atoms with Crippen LogP contribution in [0.4, 0.5) is 5.69 Å². The first-order valence-electron chi connectivity index (χ1n) is 8.31. The van der Waals surface area contributed by atoms with Gasteiger partial charge in [0.25, 0.3) is 5.56 Å². The number of methoxy groups -OCH3 is 2. The largest absolute Gasteiger partial charge is 0.497 e. The summed E-state index contributed by atoms with van der Waals surface area (Å²) in [4.78, 5) is 36.0. The molecule has 0 aliphatic rings. The molecule has 1 heterocycles. The van der Waals surface area contributed by atoms with Crippen LogP contribution in [0.25, 0.3) is 0 Å². The van der Waals surface area contributed by atoms with E-state index in [4.69, 9.17) is 9.47 Å². The monoisotopic (exact) mass is 373 g/mol. The zero-order valence-corrected chi connectivity index (χ0v) is 15.8. The molecule has 0 radical (unpaired) electrons. The first-order valence-corrected chi connectivity index (χ1v) is 8.31. The quantitative estimate of drug-likeness (QED) is 0.765. The van der Waals surface area contributed by atoms with Crippen molar-refractivity contribution in [3.05, 3.63) is 51.9 Å². The van der Waals surface area contributed by atoms with Crippen molar-refractivity contribution in [2.45, 2.75) is 26.9 Å². The molecule has 2 N–H and O–H groups in total. The molecule has 0 saturated carbocycles. The van der Waals surface area contributed by atoms with Gasteiger partial charge in [0.1, 0.15) is 23.7 Å². The Morgan fingerprint density at radius 3 is 2.48 bits per heavy atom. The number of nitrogens with zero attached hydrogens (tertiary/aromatic N) is 1. The molecule has 2 amide bonds. The molecule has 1 aromatic heterocycles. The van der Waals surface area contributed by atoms with Gasteiger partial charge in [-0.05, 0) is 37.3 Å². The zero-order chi connectivity index (χ0) is 20.0. The summed E-state index contributed by atoms with van der Waals surface area (Å²) in [6.45, 7) is 3.10. The molecular formula is C19H23N3O5. The van der Waals surface area contributed by atoms with Gasteiger partial charge in [0.05, 0.1) is 14.2 Å². The average molecular weight is 373 g/mol. The molecule has 0 aliphatic heterocycles. The van der Waals surface area contributed by atoms with E-state index in [-0.39, 0.29) is 30.6 Å². The minimum atomic E-state index is -0.431. The van der Waals surface area contributed by atoms with Crippen LogP contribution in [0.2, 0.25) is 0 Å². The molecular weight excluding hydrogens is 350 g/mol. The third-order valence-electron chi connectivity index (χ3n) is 3.97. The Kier molecular flexibility index (Phi) is 6.59. The molecule has 0 spiro atoms. The van der Waals surface area contributed by atoms with Crippen LogP contribution in [-0.2, 0) is 22.7 Å². The number of aromatic nitrogens is 1. The molecule has 0 fully saturated rings. The number of hydrogen-bond donors (Lipinski definition) is 2. The highest BCUT2D eigenvalue weighted by Crippen LogP contribution is 2.23. The normalized spacial score (nSPS) is 10.2. The van der Waals surface area contributed by atoms with Gasteiger partial charge in [0.15, 0.2) is 0 Å². The molecule has 1 aromatic carbocycles. The van der Waals surface area contributed by atoms with Crippen LogP contribution in [-0.4, -0.2) is 30.6 Å². The van der Waals surface area contributed by atoms with Crippen LogP contribution in [0.3, 0.4) is 0 Å². The van der Waals surface area contributed by atoms with Crippen molar-refractivity contribution in [3.63, 3.8) is 0 Å². The van der Waals surface area contributed by atoms with Crippen LogP contribution in [0, 0.1) is 6.92 Å². The second kappa shape index (κ2) is 8.88. The van der Waals surface area contributed by atoms with E-state index in [1.165, 1.54) is 17.6 Å². The van der Waals surface area contributed by atoms with E-state index in [0.717, 1.165) is 5.56 Å². The Balaban J connectivity index is 2.13. The third kappa shape index (κ3) is 5.10. The van der Waals surface area contributed by atoms with E-state index in [1.807, 2.05) is 0 Å². The Hall–Kier alpha value is -3.29. The molecule has 27 heavy (non-hydrogen) atoms. The van der Waals surface area contributed by atoms with Gasteiger partial charge in [-0.25, -0.2) is 0 Å². The highest BCUT2D eigenvalue weighted by Gasteiger charge is 2.12. The Morgan fingerprint density at radius 1 is 1.11 bits per heavy atom. The van der Waals surface area contributed by atoms with Gasteiger partial charge >= 0.3 is 0 Å². The second-order valence-electron chi connectivity index (χ2n) is 5.92. The fourth-order valence-electron chi connectivity index (χ4n) is 2.57. The lowest BCUT2D eigenvalue weighted by Gasteiger charge is -2.14. The second-order valence-corrected chi connectivity index (χ2v) is 5.92.